The van der Waals surface area contributed by atoms with Gasteiger partial charge in [-0.25, -0.2) is 0 Å². The molecule has 5 rings (SSSR count). The van der Waals surface area contributed by atoms with Gasteiger partial charge in [0.2, 0.25) is 11.7 Å². The SMILES string of the molecule is COc1cc2c(c(O)c1OC)C(O)[C@H]1CCC(=O)N1[C@@H]2c1cccc2ccccc12. The van der Waals surface area contributed by atoms with Crippen molar-refractivity contribution in [3.63, 3.8) is 0 Å². The summed E-state index contributed by atoms with van der Waals surface area (Å²) in [6.07, 6.45) is -0.0991. The minimum Gasteiger partial charge on any atom is -0.504 e. The van der Waals surface area contributed by atoms with Crippen LogP contribution < -0.4 is 9.47 Å². The van der Waals surface area contributed by atoms with E-state index < -0.39 is 18.2 Å². The van der Waals surface area contributed by atoms with Crippen LogP contribution in [0.5, 0.6) is 17.2 Å². The van der Waals surface area contributed by atoms with Gasteiger partial charge in [0.05, 0.1) is 26.3 Å². The average molecular weight is 405 g/mol. The first-order chi connectivity index (χ1) is 14.6. The monoisotopic (exact) mass is 405 g/mol. The standard InChI is InChI=1S/C24H23NO5/c1-29-18-12-16-20(23(28)24(18)30-2)22(27)17-10-11-19(26)25(17)21(16)15-9-5-7-13-6-3-4-8-14(13)15/h3-9,12,17,21-22,27-28H,10-11H2,1-2H3/t17-,21-,22?/m1/s1. The van der Waals surface area contributed by atoms with E-state index >= 15 is 0 Å². The summed E-state index contributed by atoms with van der Waals surface area (Å²) in [6, 6.07) is 15.0. The van der Waals surface area contributed by atoms with E-state index in [2.05, 4.69) is 0 Å². The van der Waals surface area contributed by atoms with Crippen LogP contribution in [0.15, 0.2) is 48.5 Å². The van der Waals surface area contributed by atoms with E-state index in [0.717, 1.165) is 16.3 Å². The van der Waals surface area contributed by atoms with Crippen molar-refractivity contribution in [2.45, 2.75) is 31.0 Å². The number of phenolic OH excluding ortho intramolecular Hbond substituents is 1. The first-order valence-corrected chi connectivity index (χ1v) is 10.0. The second kappa shape index (κ2) is 6.92. The van der Waals surface area contributed by atoms with Crippen LogP contribution in [0, 0.1) is 0 Å². The number of methoxy groups -OCH3 is 2. The molecule has 3 atom stereocenters. The summed E-state index contributed by atoms with van der Waals surface area (Å²) >= 11 is 0. The quantitative estimate of drug-likeness (QED) is 0.695. The van der Waals surface area contributed by atoms with Crippen molar-refractivity contribution in [2.75, 3.05) is 14.2 Å². The van der Waals surface area contributed by atoms with Crippen LogP contribution in [-0.4, -0.2) is 41.3 Å². The maximum absolute atomic E-state index is 12.9. The molecule has 30 heavy (non-hydrogen) atoms. The molecule has 3 aromatic rings. The predicted octanol–water partition coefficient (Wildman–Crippen LogP) is 3.69. The number of benzene rings is 3. The summed E-state index contributed by atoms with van der Waals surface area (Å²) < 4.78 is 10.8. The van der Waals surface area contributed by atoms with Crippen LogP contribution in [0.2, 0.25) is 0 Å². The number of hydrogen-bond acceptors (Lipinski definition) is 5. The molecule has 0 bridgehead atoms. The first kappa shape index (κ1) is 18.8. The molecule has 3 aromatic carbocycles. The lowest BCUT2D eigenvalue weighted by molar-refractivity contribution is -0.133. The molecule has 154 valence electrons. The number of rotatable bonds is 3. The number of aromatic hydroxyl groups is 1. The molecule has 0 radical (unpaired) electrons. The lowest BCUT2D eigenvalue weighted by Gasteiger charge is -2.43. The number of hydrogen-bond donors (Lipinski definition) is 2. The zero-order valence-electron chi connectivity index (χ0n) is 16.8. The van der Waals surface area contributed by atoms with Crippen molar-refractivity contribution in [1.29, 1.82) is 0 Å². The van der Waals surface area contributed by atoms with Crippen molar-refractivity contribution in [3.8, 4) is 17.2 Å². The maximum Gasteiger partial charge on any atom is 0.223 e. The van der Waals surface area contributed by atoms with Crippen molar-refractivity contribution >= 4 is 16.7 Å². The van der Waals surface area contributed by atoms with E-state index in [-0.39, 0.29) is 17.4 Å². The molecule has 1 unspecified atom stereocenters. The molecule has 1 amide bonds. The Morgan fingerprint density at radius 3 is 2.57 bits per heavy atom. The molecule has 6 heteroatoms. The second-order valence-corrected chi connectivity index (χ2v) is 7.79. The summed E-state index contributed by atoms with van der Waals surface area (Å²) in [5.74, 6) is 0.404. The predicted molar refractivity (Wildman–Crippen MR) is 112 cm³/mol. The molecular formula is C24H23NO5. The maximum atomic E-state index is 12.9. The van der Waals surface area contributed by atoms with Gasteiger partial charge in [-0.05, 0) is 34.4 Å². The fourth-order valence-electron chi connectivity index (χ4n) is 5.06. The number of aliphatic hydroxyl groups is 1. The van der Waals surface area contributed by atoms with Crippen LogP contribution in [0.3, 0.4) is 0 Å². The van der Waals surface area contributed by atoms with Gasteiger partial charge in [-0.2, -0.15) is 0 Å². The van der Waals surface area contributed by atoms with E-state index in [0.29, 0.717) is 29.7 Å². The van der Waals surface area contributed by atoms with Gasteiger partial charge in [-0.3, -0.25) is 4.79 Å². The molecule has 1 fully saturated rings. The molecule has 2 N–H and O–H groups in total. The van der Waals surface area contributed by atoms with Gasteiger partial charge in [0, 0.05) is 12.0 Å². The van der Waals surface area contributed by atoms with Crippen LogP contribution in [0.25, 0.3) is 10.8 Å². The van der Waals surface area contributed by atoms with Crippen molar-refractivity contribution < 1.29 is 24.5 Å². The average Bonchev–Trinajstić information content (AvgIpc) is 3.15. The summed E-state index contributed by atoms with van der Waals surface area (Å²) in [5, 5.41) is 24.2. The molecule has 2 heterocycles. The molecule has 0 saturated carbocycles. The van der Waals surface area contributed by atoms with Gasteiger partial charge in [0.15, 0.2) is 11.5 Å². The molecule has 0 aromatic heterocycles. The normalized spacial score (nSPS) is 22.7. The first-order valence-electron chi connectivity index (χ1n) is 10.0. The Bertz CT molecular complexity index is 1150. The third kappa shape index (κ3) is 2.50. The third-order valence-electron chi connectivity index (χ3n) is 6.37. The third-order valence-corrected chi connectivity index (χ3v) is 6.37. The molecule has 2 aliphatic heterocycles. The van der Waals surface area contributed by atoms with E-state index in [1.54, 1.807) is 11.0 Å². The molecule has 6 nitrogen and oxygen atoms in total. The lowest BCUT2D eigenvalue weighted by atomic mass is 9.81. The number of nitrogens with zero attached hydrogens (tertiary/aromatic N) is 1. The molecule has 0 aliphatic carbocycles. The van der Waals surface area contributed by atoms with Crippen LogP contribution in [0.4, 0.5) is 0 Å². The zero-order valence-corrected chi connectivity index (χ0v) is 16.8. The van der Waals surface area contributed by atoms with E-state index in [9.17, 15) is 15.0 Å². The van der Waals surface area contributed by atoms with Crippen molar-refractivity contribution in [1.82, 2.24) is 4.90 Å². The van der Waals surface area contributed by atoms with E-state index in [1.807, 2.05) is 42.5 Å². The highest BCUT2D eigenvalue weighted by Crippen LogP contribution is 2.54. The molecular weight excluding hydrogens is 382 g/mol. The highest BCUT2D eigenvalue weighted by molar-refractivity contribution is 5.88. The van der Waals surface area contributed by atoms with E-state index in [1.165, 1.54) is 14.2 Å². The Morgan fingerprint density at radius 1 is 1.03 bits per heavy atom. The zero-order chi connectivity index (χ0) is 21.0. The van der Waals surface area contributed by atoms with Crippen molar-refractivity contribution in [2.24, 2.45) is 0 Å². The number of fused-ring (bicyclic) bond motifs is 3. The Kier molecular flexibility index (Phi) is 4.33. The summed E-state index contributed by atoms with van der Waals surface area (Å²) in [4.78, 5) is 14.7. The van der Waals surface area contributed by atoms with Crippen LogP contribution in [-0.2, 0) is 4.79 Å². The number of amides is 1. The number of aliphatic hydroxyl groups excluding tert-OH is 1. The molecule has 0 spiro atoms. The number of phenols is 1. The second-order valence-electron chi connectivity index (χ2n) is 7.79. The van der Waals surface area contributed by atoms with Crippen LogP contribution in [0.1, 0.15) is 41.7 Å². The molecule has 2 aliphatic rings. The Hall–Kier alpha value is -3.25. The largest absolute Gasteiger partial charge is 0.504 e. The number of carbonyl (C=O) groups excluding carboxylic acids is 1. The van der Waals surface area contributed by atoms with Gasteiger partial charge in [-0.15, -0.1) is 0 Å². The highest BCUT2D eigenvalue weighted by atomic mass is 16.5. The Labute approximate surface area is 174 Å². The van der Waals surface area contributed by atoms with Gasteiger partial charge in [0.25, 0.3) is 0 Å². The van der Waals surface area contributed by atoms with Gasteiger partial charge >= 0.3 is 0 Å². The fraction of sp³-hybridized carbons (Fsp3) is 0.292. The Morgan fingerprint density at radius 2 is 1.80 bits per heavy atom. The van der Waals surface area contributed by atoms with Gasteiger partial charge in [0.1, 0.15) is 6.10 Å². The van der Waals surface area contributed by atoms with Crippen molar-refractivity contribution in [3.05, 3.63) is 65.2 Å². The topological polar surface area (TPSA) is 79.2 Å². The fourth-order valence-corrected chi connectivity index (χ4v) is 5.06. The minimum absolute atomic E-state index is 0.00286. The summed E-state index contributed by atoms with van der Waals surface area (Å²) in [6.45, 7) is 0. The summed E-state index contributed by atoms with van der Waals surface area (Å²) in [7, 11) is 2.95. The van der Waals surface area contributed by atoms with Crippen LogP contribution >= 0.6 is 0 Å². The van der Waals surface area contributed by atoms with E-state index in [4.69, 9.17) is 9.47 Å². The Balaban J connectivity index is 1.85. The van der Waals surface area contributed by atoms with Gasteiger partial charge in [-0.1, -0.05) is 42.5 Å². The lowest BCUT2D eigenvalue weighted by Crippen LogP contribution is -2.45. The van der Waals surface area contributed by atoms with Gasteiger partial charge < -0.3 is 24.6 Å². The number of ether oxygens (including phenoxy) is 2. The highest BCUT2D eigenvalue weighted by Gasteiger charge is 2.49. The minimum atomic E-state index is -1.00. The summed E-state index contributed by atoms with van der Waals surface area (Å²) in [5.41, 5.74) is 2.01. The molecule has 1 saturated heterocycles. The smallest absolute Gasteiger partial charge is 0.223 e. The number of carbonyl (C=O) groups is 1.